The van der Waals surface area contributed by atoms with Crippen LogP contribution in [0, 0.1) is 0 Å². The molecule has 5 heteroatoms. The normalized spacial score (nSPS) is 11.2. The number of carboxylic acid groups (broad SMARTS) is 1. The van der Waals surface area contributed by atoms with E-state index in [9.17, 15) is 4.79 Å². The quantitative estimate of drug-likeness (QED) is 0.648. The predicted octanol–water partition coefficient (Wildman–Crippen LogP) is 2.99. The Labute approximate surface area is 89.8 Å². The van der Waals surface area contributed by atoms with Gasteiger partial charge < -0.3 is 5.11 Å². The van der Waals surface area contributed by atoms with Crippen LogP contribution in [0.2, 0.25) is 0 Å². The van der Waals surface area contributed by atoms with Gasteiger partial charge in [-0.1, -0.05) is 53.2 Å². The van der Waals surface area contributed by atoms with Crippen LogP contribution in [0.3, 0.4) is 0 Å². The molecule has 0 saturated heterocycles. The van der Waals surface area contributed by atoms with Gasteiger partial charge in [0.1, 0.15) is 0 Å². The van der Waals surface area contributed by atoms with Crippen LogP contribution in [0.25, 0.3) is 0 Å². The average molecular weight is 237 g/mol. The summed E-state index contributed by atoms with van der Waals surface area (Å²) in [6.45, 7) is 0. The van der Waals surface area contributed by atoms with Crippen molar-refractivity contribution in [3.05, 3.63) is 30.3 Å². The molecule has 0 aromatic heterocycles. The standard InChI is InChI=1S/C8H6Cl2O2S/c9-8(10,7(11)12)13-6-4-2-1-3-5-6/h1-5H,(H,11,12). The molecule has 0 fully saturated rings. The van der Waals surface area contributed by atoms with Crippen molar-refractivity contribution in [3.8, 4) is 0 Å². The van der Waals surface area contributed by atoms with Crippen LogP contribution in [-0.2, 0) is 4.79 Å². The summed E-state index contributed by atoms with van der Waals surface area (Å²) in [5.41, 5.74) is 0. The Morgan fingerprint density at radius 1 is 1.31 bits per heavy atom. The van der Waals surface area contributed by atoms with Gasteiger partial charge >= 0.3 is 5.97 Å². The molecule has 1 aromatic rings. The summed E-state index contributed by atoms with van der Waals surface area (Å²) >= 11 is 12.0. The highest BCUT2D eigenvalue weighted by atomic mass is 35.5. The van der Waals surface area contributed by atoms with Gasteiger partial charge in [-0.2, -0.15) is 0 Å². The molecular formula is C8H6Cl2O2S. The summed E-state index contributed by atoms with van der Waals surface area (Å²) in [4.78, 5) is 11.3. The summed E-state index contributed by atoms with van der Waals surface area (Å²) < 4.78 is -1.82. The number of aliphatic carboxylic acids is 1. The molecule has 0 radical (unpaired) electrons. The first-order valence-electron chi connectivity index (χ1n) is 3.37. The molecule has 0 aliphatic rings. The SMILES string of the molecule is O=C(O)C(Cl)(Cl)Sc1ccccc1. The smallest absolute Gasteiger partial charge is 0.351 e. The number of carboxylic acids is 1. The molecule has 1 N–H and O–H groups in total. The zero-order chi connectivity index (χ0) is 9.90. The number of benzene rings is 1. The van der Waals surface area contributed by atoms with Crippen molar-refractivity contribution in [1.82, 2.24) is 0 Å². The maximum absolute atomic E-state index is 10.5. The van der Waals surface area contributed by atoms with Crippen molar-refractivity contribution in [2.24, 2.45) is 0 Å². The average Bonchev–Trinajstić information content (AvgIpc) is 2.05. The summed E-state index contributed by atoms with van der Waals surface area (Å²) in [5, 5.41) is 8.62. The van der Waals surface area contributed by atoms with Gasteiger partial charge in [0, 0.05) is 4.90 Å². The molecule has 0 bridgehead atoms. The third kappa shape index (κ3) is 3.10. The molecule has 0 spiro atoms. The minimum Gasteiger partial charge on any atom is -0.478 e. The fourth-order valence-electron chi connectivity index (χ4n) is 0.680. The summed E-state index contributed by atoms with van der Waals surface area (Å²) in [6, 6.07) is 8.89. The second kappa shape index (κ2) is 4.22. The zero-order valence-corrected chi connectivity index (χ0v) is 8.73. The van der Waals surface area contributed by atoms with E-state index in [1.807, 2.05) is 6.07 Å². The highest BCUT2D eigenvalue weighted by molar-refractivity contribution is 8.04. The molecule has 0 saturated carbocycles. The van der Waals surface area contributed by atoms with E-state index in [4.69, 9.17) is 28.3 Å². The number of hydrogen-bond acceptors (Lipinski definition) is 2. The Morgan fingerprint density at radius 3 is 2.31 bits per heavy atom. The minimum absolute atomic E-state index is 0.718. The second-order valence-corrected chi connectivity index (χ2v) is 5.30. The van der Waals surface area contributed by atoms with Crippen LogP contribution in [0.5, 0.6) is 0 Å². The number of halogens is 2. The van der Waals surface area contributed by atoms with Gasteiger partial charge in [0.05, 0.1) is 0 Å². The Hall–Kier alpha value is -0.380. The maximum atomic E-state index is 10.5. The largest absolute Gasteiger partial charge is 0.478 e. The molecule has 1 aromatic carbocycles. The lowest BCUT2D eigenvalue weighted by atomic mass is 10.4. The molecule has 0 unspecified atom stereocenters. The van der Waals surface area contributed by atoms with E-state index in [1.165, 1.54) is 0 Å². The van der Waals surface area contributed by atoms with E-state index < -0.39 is 9.63 Å². The van der Waals surface area contributed by atoms with Gasteiger partial charge in [-0.3, -0.25) is 0 Å². The Bertz CT molecular complexity index is 300. The van der Waals surface area contributed by atoms with Crippen molar-refractivity contribution in [2.75, 3.05) is 0 Å². The fraction of sp³-hybridized carbons (Fsp3) is 0.125. The minimum atomic E-state index is -1.82. The van der Waals surface area contributed by atoms with Crippen molar-refractivity contribution in [1.29, 1.82) is 0 Å². The summed E-state index contributed by atoms with van der Waals surface area (Å²) in [6.07, 6.45) is 0. The van der Waals surface area contributed by atoms with Crippen LogP contribution in [0.1, 0.15) is 0 Å². The lowest BCUT2D eigenvalue weighted by Crippen LogP contribution is -2.20. The van der Waals surface area contributed by atoms with Crippen LogP contribution in [-0.4, -0.2) is 14.7 Å². The highest BCUT2D eigenvalue weighted by Gasteiger charge is 2.34. The first kappa shape index (κ1) is 10.7. The molecule has 0 aliphatic heterocycles. The van der Waals surface area contributed by atoms with Gasteiger partial charge in [-0.15, -0.1) is 0 Å². The topological polar surface area (TPSA) is 37.3 Å². The Balaban J connectivity index is 2.75. The lowest BCUT2D eigenvalue weighted by Gasteiger charge is -2.12. The van der Waals surface area contributed by atoms with Crippen LogP contribution in [0.15, 0.2) is 35.2 Å². The number of rotatable bonds is 3. The third-order valence-corrected chi connectivity index (χ3v) is 2.96. The van der Waals surface area contributed by atoms with Crippen LogP contribution in [0.4, 0.5) is 0 Å². The van der Waals surface area contributed by atoms with Crippen LogP contribution >= 0.6 is 35.0 Å². The number of carbonyl (C=O) groups is 1. The predicted molar refractivity (Wildman–Crippen MR) is 54.4 cm³/mol. The summed E-state index contributed by atoms with van der Waals surface area (Å²) in [7, 11) is 0. The van der Waals surface area contributed by atoms with Crippen molar-refractivity contribution in [2.45, 2.75) is 8.56 Å². The molecule has 13 heavy (non-hydrogen) atoms. The molecule has 0 heterocycles. The Kier molecular flexibility index (Phi) is 3.47. The number of thioether (sulfide) groups is 1. The first-order valence-corrected chi connectivity index (χ1v) is 4.95. The summed E-state index contributed by atoms with van der Waals surface area (Å²) in [5.74, 6) is -1.26. The van der Waals surface area contributed by atoms with Crippen molar-refractivity contribution < 1.29 is 9.90 Å². The highest BCUT2D eigenvalue weighted by Crippen LogP contribution is 2.40. The van der Waals surface area contributed by atoms with E-state index >= 15 is 0 Å². The van der Waals surface area contributed by atoms with E-state index in [-0.39, 0.29) is 0 Å². The molecule has 0 amide bonds. The van der Waals surface area contributed by atoms with E-state index in [2.05, 4.69) is 0 Å². The molecule has 0 atom stereocenters. The maximum Gasteiger partial charge on any atom is 0.351 e. The molecule has 0 aliphatic carbocycles. The first-order chi connectivity index (χ1) is 6.02. The van der Waals surface area contributed by atoms with Crippen molar-refractivity contribution in [3.63, 3.8) is 0 Å². The third-order valence-electron chi connectivity index (χ3n) is 1.24. The molecular weight excluding hydrogens is 231 g/mol. The van der Waals surface area contributed by atoms with Gasteiger partial charge in [0.15, 0.2) is 0 Å². The zero-order valence-electron chi connectivity index (χ0n) is 6.41. The molecule has 2 nitrogen and oxygen atoms in total. The van der Waals surface area contributed by atoms with Gasteiger partial charge in [-0.25, -0.2) is 4.79 Å². The number of hydrogen-bond donors (Lipinski definition) is 1. The van der Waals surface area contributed by atoms with Crippen LogP contribution < -0.4 is 0 Å². The van der Waals surface area contributed by atoms with Gasteiger partial charge in [0.2, 0.25) is 0 Å². The van der Waals surface area contributed by atoms with E-state index in [0.29, 0.717) is 0 Å². The van der Waals surface area contributed by atoms with Gasteiger partial charge in [0.25, 0.3) is 3.67 Å². The molecule has 70 valence electrons. The Morgan fingerprint density at radius 2 is 1.85 bits per heavy atom. The van der Waals surface area contributed by atoms with Gasteiger partial charge in [-0.05, 0) is 12.1 Å². The van der Waals surface area contributed by atoms with E-state index in [0.717, 1.165) is 16.7 Å². The monoisotopic (exact) mass is 236 g/mol. The molecule has 1 rings (SSSR count). The fourth-order valence-corrected chi connectivity index (χ4v) is 1.89. The lowest BCUT2D eigenvalue weighted by molar-refractivity contribution is -0.135. The van der Waals surface area contributed by atoms with Crippen molar-refractivity contribution >= 4 is 40.9 Å². The second-order valence-electron chi connectivity index (χ2n) is 2.24. The number of alkyl halides is 2. The van der Waals surface area contributed by atoms with E-state index in [1.54, 1.807) is 24.3 Å².